The fourth-order valence-electron chi connectivity index (χ4n) is 3.00. The number of piperazine rings is 1. The summed E-state index contributed by atoms with van der Waals surface area (Å²) in [6.45, 7) is 5.78. The number of ether oxygens (including phenoxy) is 1. The highest BCUT2D eigenvalue weighted by molar-refractivity contribution is 5.81. The third-order valence-corrected chi connectivity index (χ3v) is 3.88. The van der Waals surface area contributed by atoms with Crippen molar-refractivity contribution in [2.45, 2.75) is 57.3 Å². The molecular formula is C13H22N2O4. The van der Waals surface area contributed by atoms with Gasteiger partial charge in [-0.05, 0) is 40.7 Å². The number of carboxylic acid groups (broad SMARTS) is 1. The molecule has 3 unspecified atom stereocenters. The van der Waals surface area contributed by atoms with Crippen LogP contribution in [0.15, 0.2) is 0 Å². The van der Waals surface area contributed by atoms with Gasteiger partial charge in [0.25, 0.3) is 0 Å². The molecule has 2 saturated heterocycles. The minimum atomic E-state index is -0.956. The maximum absolute atomic E-state index is 12.2. The molecule has 0 radical (unpaired) electrons. The number of nitrogens with zero attached hydrogens (tertiary/aromatic N) is 2. The van der Waals surface area contributed by atoms with Gasteiger partial charge in [-0.2, -0.15) is 0 Å². The maximum atomic E-state index is 12.2. The number of carbonyl (C=O) groups excluding carboxylic acids is 1. The van der Waals surface area contributed by atoms with Crippen molar-refractivity contribution >= 4 is 12.1 Å². The lowest BCUT2D eigenvalue weighted by Crippen LogP contribution is -2.63. The van der Waals surface area contributed by atoms with Crippen molar-refractivity contribution in [3.63, 3.8) is 0 Å². The lowest BCUT2D eigenvalue weighted by molar-refractivity contribution is -0.148. The largest absolute Gasteiger partial charge is 0.480 e. The summed E-state index contributed by atoms with van der Waals surface area (Å²) < 4.78 is 5.32. The van der Waals surface area contributed by atoms with E-state index in [2.05, 4.69) is 4.90 Å². The first-order chi connectivity index (χ1) is 8.70. The molecule has 2 aliphatic rings. The molecule has 0 aliphatic carbocycles. The van der Waals surface area contributed by atoms with Gasteiger partial charge in [-0.25, -0.2) is 9.59 Å². The van der Waals surface area contributed by atoms with Crippen LogP contribution in [0.2, 0.25) is 0 Å². The molecule has 0 aromatic heterocycles. The molecule has 2 aliphatic heterocycles. The Balaban J connectivity index is 2.19. The summed E-state index contributed by atoms with van der Waals surface area (Å²) in [6.07, 6.45) is 1.23. The second-order valence-electron chi connectivity index (χ2n) is 6.38. The second kappa shape index (κ2) is 4.67. The van der Waals surface area contributed by atoms with Crippen molar-refractivity contribution in [2.24, 2.45) is 0 Å². The maximum Gasteiger partial charge on any atom is 0.411 e. The van der Waals surface area contributed by atoms with Gasteiger partial charge in [-0.1, -0.05) is 0 Å². The van der Waals surface area contributed by atoms with E-state index >= 15 is 0 Å². The van der Waals surface area contributed by atoms with Crippen molar-refractivity contribution in [1.29, 1.82) is 0 Å². The van der Waals surface area contributed by atoms with Gasteiger partial charge in [-0.3, -0.25) is 9.80 Å². The van der Waals surface area contributed by atoms with Crippen molar-refractivity contribution in [3.8, 4) is 0 Å². The van der Waals surface area contributed by atoms with Crippen LogP contribution in [0.3, 0.4) is 0 Å². The Hall–Kier alpha value is -1.30. The van der Waals surface area contributed by atoms with E-state index in [4.69, 9.17) is 4.74 Å². The number of fused-ring (bicyclic) bond motifs is 2. The van der Waals surface area contributed by atoms with Crippen LogP contribution in [-0.4, -0.2) is 64.3 Å². The van der Waals surface area contributed by atoms with Crippen molar-refractivity contribution in [2.75, 3.05) is 13.6 Å². The Morgan fingerprint density at radius 1 is 1.26 bits per heavy atom. The van der Waals surface area contributed by atoms with E-state index in [0.717, 1.165) is 12.8 Å². The Bertz CT molecular complexity index is 391. The first-order valence-corrected chi connectivity index (χ1v) is 6.65. The molecule has 0 aromatic rings. The number of aliphatic carboxylic acids is 1. The van der Waals surface area contributed by atoms with Gasteiger partial charge in [0.05, 0.1) is 0 Å². The standard InChI is InChI=1S/C13H22N2O4/c1-13(2,3)19-12(18)15-7-8-5-6-9(14(8)4)10(15)11(16)17/h8-10H,5-7H2,1-4H3,(H,16,17). The molecule has 108 valence electrons. The predicted molar refractivity (Wildman–Crippen MR) is 68.9 cm³/mol. The number of likely N-dealkylation sites (N-methyl/N-ethyl adjacent to an activating group) is 1. The fourth-order valence-corrected chi connectivity index (χ4v) is 3.00. The summed E-state index contributed by atoms with van der Waals surface area (Å²) in [5.74, 6) is -0.956. The van der Waals surface area contributed by atoms with E-state index in [1.165, 1.54) is 4.90 Å². The molecule has 1 N–H and O–H groups in total. The Labute approximate surface area is 113 Å². The topological polar surface area (TPSA) is 70.1 Å². The van der Waals surface area contributed by atoms with E-state index in [0.29, 0.717) is 6.54 Å². The third-order valence-electron chi connectivity index (χ3n) is 3.88. The molecule has 2 heterocycles. The molecule has 0 saturated carbocycles. The lowest BCUT2D eigenvalue weighted by atomic mass is 10.0. The van der Waals surface area contributed by atoms with Crippen LogP contribution in [0.25, 0.3) is 0 Å². The van der Waals surface area contributed by atoms with Crippen LogP contribution < -0.4 is 0 Å². The molecule has 6 nitrogen and oxygen atoms in total. The Kier molecular flexibility index (Phi) is 3.47. The summed E-state index contributed by atoms with van der Waals surface area (Å²) in [7, 11) is 1.94. The molecule has 2 rings (SSSR count). The Morgan fingerprint density at radius 2 is 1.89 bits per heavy atom. The van der Waals surface area contributed by atoms with Crippen molar-refractivity contribution in [1.82, 2.24) is 9.80 Å². The molecular weight excluding hydrogens is 248 g/mol. The highest BCUT2D eigenvalue weighted by Gasteiger charge is 2.50. The molecule has 1 amide bonds. The second-order valence-corrected chi connectivity index (χ2v) is 6.38. The quantitative estimate of drug-likeness (QED) is 0.774. The number of likely N-dealkylation sites (tertiary alicyclic amines) is 1. The molecule has 0 spiro atoms. The van der Waals surface area contributed by atoms with E-state index in [1.807, 2.05) is 7.05 Å². The normalized spacial score (nSPS) is 31.4. The van der Waals surface area contributed by atoms with Crippen molar-refractivity contribution in [3.05, 3.63) is 0 Å². The van der Waals surface area contributed by atoms with Gasteiger partial charge < -0.3 is 9.84 Å². The molecule has 6 heteroatoms. The van der Waals surface area contributed by atoms with Gasteiger partial charge in [0.2, 0.25) is 0 Å². The fraction of sp³-hybridized carbons (Fsp3) is 0.846. The first-order valence-electron chi connectivity index (χ1n) is 6.65. The highest BCUT2D eigenvalue weighted by atomic mass is 16.6. The number of hydrogen-bond donors (Lipinski definition) is 1. The number of amides is 1. The molecule has 2 fully saturated rings. The zero-order valence-electron chi connectivity index (χ0n) is 11.9. The van der Waals surface area contributed by atoms with Crippen LogP contribution in [0.1, 0.15) is 33.6 Å². The molecule has 19 heavy (non-hydrogen) atoms. The van der Waals surface area contributed by atoms with Gasteiger partial charge in [0.15, 0.2) is 0 Å². The number of hydrogen-bond acceptors (Lipinski definition) is 4. The summed E-state index contributed by atoms with van der Waals surface area (Å²) in [4.78, 5) is 27.1. The number of rotatable bonds is 1. The average Bonchev–Trinajstić information content (AvgIpc) is 2.49. The summed E-state index contributed by atoms with van der Waals surface area (Å²) in [5, 5.41) is 9.42. The highest BCUT2D eigenvalue weighted by Crippen LogP contribution is 2.33. The summed E-state index contributed by atoms with van der Waals surface area (Å²) in [6, 6.07) is -0.671. The minimum absolute atomic E-state index is 0.108. The zero-order chi connectivity index (χ0) is 14.4. The molecule has 2 bridgehead atoms. The first kappa shape index (κ1) is 14.1. The number of carbonyl (C=O) groups is 2. The minimum Gasteiger partial charge on any atom is -0.480 e. The monoisotopic (exact) mass is 270 g/mol. The van der Waals surface area contributed by atoms with Gasteiger partial charge in [0, 0.05) is 18.6 Å². The third kappa shape index (κ3) is 2.68. The zero-order valence-corrected chi connectivity index (χ0v) is 11.9. The summed E-state index contributed by atoms with van der Waals surface area (Å²) in [5.41, 5.74) is -0.609. The van der Waals surface area contributed by atoms with E-state index in [-0.39, 0.29) is 12.1 Å². The number of carboxylic acids is 1. The average molecular weight is 270 g/mol. The van der Waals surface area contributed by atoms with Gasteiger partial charge in [-0.15, -0.1) is 0 Å². The SMILES string of the molecule is CN1C2CCC1C(C(=O)O)N(C(=O)OC(C)(C)C)C2. The van der Waals surface area contributed by atoms with Crippen LogP contribution >= 0.6 is 0 Å². The van der Waals surface area contributed by atoms with Gasteiger partial charge in [0.1, 0.15) is 11.6 Å². The van der Waals surface area contributed by atoms with Crippen LogP contribution in [0, 0.1) is 0 Å². The van der Waals surface area contributed by atoms with E-state index < -0.39 is 23.7 Å². The predicted octanol–water partition coefficient (Wildman–Crippen LogP) is 1.15. The van der Waals surface area contributed by atoms with E-state index in [1.54, 1.807) is 20.8 Å². The van der Waals surface area contributed by atoms with E-state index in [9.17, 15) is 14.7 Å². The lowest BCUT2D eigenvalue weighted by Gasteiger charge is -2.43. The van der Waals surface area contributed by atoms with Crippen LogP contribution in [0.4, 0.5) is 4.79 Å². The van der Waals surface area contributed by atoms with Crippen LogP contribution in [-0.2, 0) is 9.53 Å². The smallest absolute Gasteiger partial charge is 0.411 e. The van der Waals surface area contributed by atoms with Crippen molar-refractivity contribution < 1.29 is 19.4 Å². The Morgan fingerprint density at radius 3 is 2.42 bits per heavy atom. The summed E-state index contributed by atoms with van der Waals surface area (Å²) >= 11 is 0. The molecule has 0 aromatic carbocycles. The molecule has 3 atom stereocenters. The van der Waals surface area contributed by atoms with Gasteiger partial charge >= 0.3 is 12.1 Å². The van der Waals surface area contributed by atoms with Crippen LogP contribution in [0.5, 0.6) is 0 Å².